The maximum absolute atomic E-state index is 13.7. The molecule has 47 heavy (non-hydrogen) atoms. The third-order valence-electron chi connectivity index (χ3n) is 8.43. The predicted octanol–water partition coefficient (Wildman–Crippen LogP) is 7.00. The van der Waals surface area contributed by atoms with Crippen LogP contribution in [0.4, 0.5) is 18.9 Å². The number of carbonyl (C=O) groups excluding carboxylic acids is 1. The van der Waals surface area contributed by atoms with Gasteiger partial charge in [0.15, 0.2) is 6.04 Å². The van der Waals surface area contributed by atoms with Gasteiger partial charge in [-0.15, -0.1) is 10.2 Å². The Balaban J connectivity index is 1.28. The number of likely N-dealkylation sites (tertiary alicyclic amines) is 1. The molecule has 6 rings (SSSR count). The quantitative estimate of drug-likeness (QED) is 0.172. The van der Waals surface area contributed by atoms with Gasteiger partial charge in [-0.1, -0.05) is 103 Å². The van der Waals surface area contributed by atoms with Gasteiger partial charge in [-0.05, 0) is 36.6 Å². The molecule has 1 unspecified atom stereocenters. The lowest BCUT2D eigenvalue weighted by Crippen LogP contribution is -2.39. The molecule has 8 nitrogen and oxygen atoms in total. The second-order valence-corrected chi connectivity index (χ2v) is 11.6. The van der Waals surface area contributed by atoms with Gasteiger partial charge in [-0.2, -0.15) is 13.2 Å². The Labute approximate surface area is 269 Å². The van der Waals surface area contributed by atoms with Crippen molar-refractivity contribution in [3.05, 3.63) is 137 Å². The van der Waals surface area contributed by atoms with E-state index in [1.165, 1.54) is 24.3 Å². The molecule has 0 radical (unpaired) electrons. The summed E-state index contributed by atoms with van der Waals surface area (Å²) in [5.74, 6) is -1.36. The molecule has 2 aliphatic rings. The minimum absolute atomic E-state index is 0.0791. The summed E-state index contributed by atoms with van der Waals surface area (Å²) >= 11 is 0. The van der Waals surface area contributed by atoms with Crippen LogP contribution in [-0.4, -0.2) is 52.4 Å². The normalized spacial score (nSPS) is 18.1. The van der Waals surface area contributed by atoms with E-state index in [-0.39, 0.29) is 23.9 Å². The molecular formula is C36H32F3N5O3. The van der Waals surface area contributed by atoms with Crippen LogP contribution in [0.3, 0.4) is 0 Å². The van der Waals surface area contributed by atoms with Crippen molar-refractivity contribution >= 4 is 23.3 Å². The molecular weight excluding hydrogens is 607 g/mol. The predicted molar refractivity (Wildman–Crippen MR) is 171 cm³/mol. The number of carboxylic acid groups (broad SMARTS) is 1. The van der Waals surface area contributed by atoms with Crippen LogP contribution in [0.15, 0.2) is 124 Å². The number of nitrogens with one attached hydrogen (secondary N) is 1. The van der Waals surface area contributed by atoms with Crippen LogP contribution in [0.25, 0.3) is 0 Å². The molecule has 240 valence electrons. The van der Waals surface area contributed by atoms with Crippen molar-refractivity contribution in [1.82, 2.24) is 4.90 Å². The van der Waals surface area contributed by atoms with Crippen molar-refractivity contribution in [2.45, 2.75) is 49.7 Å². The number of anilines is 1. The van der Waals surface area contributed by atoms with E-state index in [0.29, 0.717) is 41.1 Å². The molecule has 2 atom stereocenters. The first kappa shape index (κ1) is 31.8. The molecule has 2 aliphatic heterocycles. The Morgan fingerprint density at radius 1 is 0.894 bits per heavy atom. The lowest BCUT2D eigenvalue weighted by atomic mass is 9.97. The SMILES string of the molecule is O=C(Nc1ccccc1C(=N[C@@H](Cc1ccc(C2(C(F)(F)F)N=N2)cc1)C(=O)O)c1ccccc1)C1CCCN1Cc1ccccc1. The molecule has 1 fully saturated rings. The fourth-order valence-electron chi connectivity index (χ4n) is 5.92. The van der Waals surface area contributed by atoms with Crippen molar-refractivity contribution in [2.75, 3.05) is 11.9 Å². The zero-order valence-electron chi connectivity index (χ0n) is 25.3. The van der Waals surface area contributed by atoms with E-state index in [0.717, 1.165) is 18.5 Å². The van der Waals surface area contributed by atoms with E-state index >= 15 is 0 Å². The van der Waals surface area contributed by atoms with Gasteiger partial charge in [-0.25, -0.2) is 4.79 Å². The summed E-state index contributed by atoms with van der Waals surface area (Å²) in [7, 11) is 0. The van der Waals surface area contributed by atoms with Gasteiger partial charge in [-0.3, -0.25) is 14.7 Å². The van der Waals surface area contributed by atoms with Gasteiger partial charge in [0.1, 0.15) is 0 Å². The van der Waals surface area contributed by atoms with Crippen molar-refractivity contribution in [1.29, 1.82) is 0 Å². The maximum atomic E-state index is 13.7. The third kappa shape index (κ3) is 7.00. The molecule has 11 heteroatoms. The van der Waals surface area contributed by atoms with Gasteiger partial charge in [0, 0.05) is 29.7 Å². The molecule has 4 aromatic carbocycles. The Bertz CT molecular complexity index is 1790. The number of amides is 1. The van der Waals surface area contributed by atoms with Gasteiger partial charge in [0.05, 0.1) is 17.4 Å². The number of hydrogen-bond acceptors (Lipinski definition) is 6. The van der Waals surface area contributed by atoms with E-state index in [4.69, 9.17) is 4.99 Å². The summed E-state index contributed by atoms with van der Waals surface area (Å²) in [5, 5.41) is 19.8. The summed E-state index contributed by atoms with van der Waals surface area (Å²) in [5.41, 5.74) is 0.968. The molecule has 0 aromatic heterocycles. The first-order valence-corrected chi connectivity index (χ1v) is 15.3. The maximum Gasteiger partial charge on any atom is 0.442 e. The highest BCUT2D eigenvalue weighted by Crippen LogP contribution is 2.52. The Hall–Kier alpha value is -5.16. The van der Waals surface area contributed by atoms with Gasteiger partial charge < -0.3 is 10.4 Å². The van der Waals surface area contributed by atoms with Gasteiger partial charge in [0.2, 0.25) is 5.91 Å². The van der Waals surface area contributed by atoms with Crippen LogP contribution in [-0.2, 0) is 28.2 Å². The van der Waals surface area contributed by atoms with Crippen LogP contribution in [0, 0.1) is 0 Å². The zero-order chi connectivity index (χ0) is 33.0. The Morgan fingerprint density at radius 3 is 2.17 bits per heavy atom. The highest BCUT2D eigenvalue weighted by atomic mass is 19.4. The van der Waals surface area contributed by atoms with Gasteiger partial charge in [0.25, 0.3) is 0 Å². The first-order chi connectivity index (χ1) is 22.6. The van der Waals surface area contributed by atoms with E-state index in [2.05, 4.69) is 20.4 Å². The van der Waals surface area contributed by atoms with E-state index < -0.39 is 23.9 Å². The number of rotatable bonds is 11. The Kier molecular flexibility index (Phi) is 8.99. The number of alkyl halides is 3. The second kappa shape index (κ2) is 13.3. The Morgan fingerprint density at radius 2 is 1.53 bits per heavy atom. The van der Waals surface area contributed by atoms with E-state index in [9.17, 15) is 27.9 Å². The number of carbonyl (C=O) groups is 2. The molecule has 0 aliphatic carbocycles. The summed E-state index contributed by atoms with van der Waals surface area (Å²) in [6.07, 6.45) is -3.13. The number of carboxylic acids is 1. The number of halogens is 3. The average molecular weight is 640 g/mol. The lowest BCUT2D eigenvalue weighted by molar-refractivity contribution is -0.166. The number of aliphatic carboxylic acids is 1. The molecule has 2 heterocycles. The smallest absolute Gasteiger partial charge is 0.442 e. The van der Waals surface area contributed by atoms with E-state index in [1.54, 1.807) is 24.3 Å². The molecule has 1 saturated heterocycles. The molecule has 2 N–H and O–H groups in total. The van der Waals surface area contributed by atoms with Crippen LogP contribution < -0.4 is 5.32 Å². The van der Waals surface area contributed by atoms with Gasteiger partial charge >= 0.3 is 17.8 Å². The minimum atomic E-state index is -4.66. The third-order valence-corrected chi connectivity index (χ3v) is 8.43. The summed E-state index contributed by atoms with van der Waals surface area (Å²) in [6, 6.07) is 30.0. The summed E-state index contributed by atoms with van der Waals surface area (Å²) < 4.78 is 40.4. The van der Waals surface area contributed by atoms with E-state index in [1.807, 2.05) is 60.7 Å². The molecule has 1 amide bonds. The number of nitrogens with zero attached hydrogens (tertiary/aromatic N) is 4. The van der Waals surface area contributed by atoms with Crippen LogP contribution in [0.1, 0.15) is 40.7 Å². The zero-order valence-corrected chi connectivity index (χ0v) is 25.3. The van der Waals surface area contributed by atoms with Crippen LogP contribution >= 0.6 is 0 Å². The fourth-order valence-corrected chi connectivity index (χ4v) is 5.92. The molecule has 0 bridgehead atoms. The standard InChI is InChI=1S/C36H32F3N5O3/c37-36(38,39)35(42-43-35)27-19-17-24(18-20-27)22-30(34(46)47)40-32(26-12-5-2-6-13-26)28-14-7-8-15-29(28)41-33(45)31-16-9-21-44(31)23-25-10-3-1-4-11-25/h1-8,10-15,17-20,30-31H,9,16,21-23H2,(H,41,45)(H,46,47)/t30-,31?/m0/s1. The molecule has 0 saturated carbocycles. The van der Waals surface area contributed by atoms with Crippen LogP contribution in [0.5, 0.6) is 0 Å². The highest BCUT2D eigenvalue weighted by molar-refractivity contribution is 6.17. The first-order valence-electron chi connectivity index (χ1n) is 15.3. The second-order valence-electron chi connectivity index (χ2n) is 11.6. The van der Waals surface area contributed by atoms with Crippen molar-refractivity contribution in [3.8, 4) is 0 Å². The number of aliphatic imine (C=N–C) groups is 1. The summed E-state index contributed by atoms with van der Waals surface area (Å²) in [4.78, 5) is 33.1. The molecule has 4 aromatic rings. The van der Waals surface area contributed by atoms with Crippen LogP contribution in [0.2, 0.25) is 0 Å². The fraction of sp³-hybridized carbons (Fsp3) is 0.250. The topological polar surface area (TPSA) is 107 Å². The number of benzene rings is 4. The monoisotopic (exact) mass is 639 g/mol. The number of para-hydroxylation sites is 1. The largest absolute Gasteiger partial charge is 0.480 e. The van der Waals surface area contributed by atoms with Crippen molar-refractivity contribution in [3.63, 3.8) is 0 Å². The number of hydrogen-bond donors (Lipinski definition) is 2. The highest BCUT2D eigenvalue weighted by Gasteiger charge is 2.65. The summed E-state index contributed by atoms with van der Waals surface area (Å²) in [6.45, 7) is 1.45. The van der Waals surface area contributed by atoms with Crippen molar-refractivity contribution in [2.24, 2.45) is 15.2 Å². The minimum Gasteiger partial charge on any atom is -0.480 e. The van der Waals surface area contributed by atoms with Crippen molar-refractivity contribution < 1.29 is 27.9 Å². The average Bonchev–Trinajstić information content (AvgIpc) is 3.78. The lowest BCUT2D eigenvalue weighted by Gasteiger charge is -2.24. The molecule has 0 spiro atoms.